The standard InChI is InChI=1S/C14H17ClF3N/c1-10-5-6-19(13(10)8-15)9-11-3-2-4-12(7-11)14(16,17)18/h2-4,7,10,13H,5-6,8-9H2,1H3. The lowest BCUT2D eigenvalue weighted by molar-refractivity contribution is -0.137. The highest BCUT2D eigenvalue weighted by Gasteiger charge is 2.32. The number of alkyl halides is 4. The Hall–Kier alpha value is -0.740. The molecule has 2 atom stereocenters. The first-order chi connectivity index (χ1) is 8.91. The fourth-order valence-electron chi connectivity index (χ4n) is 2.61. The fourth-order valence-corrected chi connectivity index (χ4v) is 3.11. The first-order valence-corrected chi connectivity index (χ1v) is 6.91. The summed E-state index contributed by atoms with van der Waals surface area (Å²) in [6.07, 6.45) is -3.23. The van der Waals surface area contributed by atoms with Gasteiger partial charge in [-0.05, 0) is 30.5 Å². The molecule has 0 saturated carbocycles. The molecule has 1 aromatic carbocycles. The van der Waals surface area contributed by atoms with Crippen LogP contribution >= 0.6 is 11.6 Å². The summed E-state index contributed by atoms with van der Waals surface area (Å²) in [5.41, 5.74) is 0.110. The third kappa shape index (κ3) is 3.42. The van der Waals surface area contributed by atoms with E-state index in [4.69, 9.17) is 11.6 Å². The van der Waals surface area contributed by atoms with Crippen molar-refractivity contribution in [2.75, 3.05) is 12.4 Å². The van der Waals surface area contributed by atoms with Crippen LogP contribution in [0.15, 0.2) is 24.3 Å². The van der Waals surface area contributed by atoms with Crippen LogP contribution in [0.25, 0.3) is 0 Å². The van der Waals surface area contributed by atoms with Crippen molar-refractivity contribution in [3.63, 3.8) is 0 Å². The molecule has 19 heavy (non-hydrogen) atoms. The predicted molar refractivity (Wildman–Crippen MR) is 70.1 cm³/mol. The van der Waals surface area contributed by atoms with Crippen LogP contribution in [0.3, 0.4) is 0 Å². The number of hydrogen-bond acceptors (Lipinski definition) is 1. The van der Waals surface area contributed by atoms with Crippen LogP contribution in [0.5, 0.6) is 0 Å². The highest BCUT2D eigenvalue weighted by Crippen LogP contribution is 2.31. The molecule has 0 aromatic heterocycles. The number of nitrogens with zero attached hydrogens (tertiary/aromatic N) is 1. The molecule has 2 unspecified atom stereocenters. The molecule has 0 aliphatic carbocycles. The van der Waals surface area contributed by atoms with Gasteiger partial charge in [0.15, 0.2) is 0 Å². The van der Waals surface area contributed by atoms with E-state index in [-0.39, 0.29) is 6.04 Å². The van der Waals surface area contributed by atoms with Crippen LogP contribution in [-0.2, 0) is 12.7 Å². The minimum Gasteiger partial charge on any atom is -0.295 e. The second-order valence-electron chi connectivity index (χ2n) is 5.16. The second-order valence-corrected chi connectivity index (χ2v) is 5.46. The quantitative estimate of drug-likeness (QED) is 0.756. The van der Waals surface area contributed by atoms with E-state index in [0.29, 0.717) is 23.9 Å². The summed E-state index contributed by atoms with van der Waals surface area (Å²) in [5.74, 6) is 1.03. The molecule has 0 amide bonds. The van der Waals surface area contributed by atoms with Crippen LogP contribution in [0.1, 0.15) is 24.5 Å². The van der Waals surface area contributed by atoms with Crippen molar-refractivity contribution in [2.24, 2.45) is 5.92 Å². The molecule has 106 valence electrons. The molecule has 1 aromatic rings. The van der Waals surface area contributed by atoms with Gasteiger partial charge in [-0.25, -0.2) is 0 Å². The minimum atomic E-state index is -4.28. The van der Waals surface area contributed by atoms with Gasteiger partial charge >= 0.3 is 6.18 Å². The maximum absolute atomic E-state index is 12.7. The van der Waals surface area contributed by atoms with E-state index in [1.807, 2.05) is 0 Å². The molecule has 1 aliphatic heterocycles. The smallest absolute Gasteiger partial charge is 0.295 e. The molecular weight excluding hydrogens is 275 g/mol. The highest BCUT2D eigenvalue weighted by atomic mass is 35.5. The Morgan fingerprint density at radius 1 is 1.37 bits per heavy atom. The Balaban J connectivity index is 2.11. The van der Waals surface area contributed by atoms with Gasteiger partial charge in [0.1, 0.15) is 0 Å². The van der Waals surface area contributed by atoms with E-state index in [0.717, 1.165) is 19.0 Å². The molecule has 0 spiro atoms. The van der Waals surface area contributed by atoms with Gasteiger partial charge in [0.25, 0.3) is 0 Å². The van der Waals surface area contributed by atoms with Gasteiger partial charge in [0.05, 0.1) is 5.56 Å². The lowest BCUT2D eigenvalue weighted by Crippen LogP contribution is -2.33. The Bertz CT molecular complexity index is 433. The van der Waals surface area contributed by atoms with Gasteiger partial charge < -0.3 is 0 Å². The third-order valence-electron chi connectivity index (χ3n) is 3.80. The van der Waals surface area contributed by atoms with Crippen molar-refractivity contribution >= 4 is 11.6 Å². The summed E-state index contributed by atoms with van der Waals surface area (Å²) in [7, 11) is 0. The van der Waals surface area contributed by atoms with Gasteiger partial charge in [-0.3, -0.25) is 4.90 Å². The topological polar surface area (TPSA) is 3.24 Å². The molecule has 1 heterocycles. The number of benzene rings is 1. The maximum Gasteiger partial charge on any atom is 0.416 e. The van der Waals surface area contributed by atoms with Crippen LogP contribution in [0, 0.1) is 5.92 Å². The summed E-state index contributed by atoms with van der Waals surface area (Å²) in [4.78, 5) is 2.17. The summed E-state index contributed by atoms with van der Waals surface area (Å²) >= 11 is 5.95. The van der Waals surface area contributed by atoms with Crippen LogP contribution in [-0.4, -0.2) is 23.4 Å². The fraction of sp³-hybridized carbons (Fsp3) is 0.571. The predicted octanol–water partition coefficient (Wildman–Crippen LogP) is 4.15. The van der Waals surface area contributed by atoms with Crippen LogP contribution in [0.2, 0.25) is 0 Å². The molecule has 2 rings (SSSR count). The van der Waals surface area contributed by atoms with Crippen molar-refractivity contribution in [3.05, 3.63) is 35.4 Å². The molecule has 0 N–H and O–H groups in total. The molecule has 1 saturated heterocycles. The molecule has 0 radical (unpaired) electrons. The van der Waals surface area contributed by atoms with Crippen molar-refractivity contribution < 1.29 is 13.2 Å². The largest absolute Gasteiger partial charge is 0.416 e. The lowest BCUT2D eigenvalue weighted by Gasteiger charge is -2.25. The zero-order valence-electron chi connectivity index (χ0n) is 10.8. The SMILES string of the molecule is CC1CCN(Cc2cccc(C(F)(F)F)c2)C1CCl. The average Bonchev–Trinajstić information content (AvgIpc) is 2.69. The second kappa shape index (κ2) is 5.71. The Morgan fingerprint density at radius 3 is 2.74 bits per heavy atom. The molecule has 0 bridgehead atoms. The number of halogens is 4. The van der Waals surface area contributed by atoms with E-state index in [9.17, 15) is 13.2 Å². The van der Waals surface area contributed by atoms with Gasteiger partial charge in [0, 0.05) is 18.5 Å². The number of hydrogen-bond donors (Lipinski definition) is 0. The summed E-state index contributed by atoms with van der Waals surface area (Å²) < 4.78 is 38.0. The van der Waals surface area contributed by atoms with Crippen molar-refractivity contribution in [1.82, 2.24) is 4.90 Å². The number of likely N-dealkylation sites (tertiary alicyclic amines) is 1. The first-order valence-electron chi connectivity index (χ1n) is 6.38. The lowest BCUT2D eigenvalue weighted by atomic mass is 10.0. The third-order valence-corrected chi connectivity index (χ3v) is 4.11. The summed E-state index contributed by atoms with van der Waals surface area (Å²) in [5, 5.41) is 0. The average molecular weight is 292 g/mol. The Kier molecular flexibility index (Phi) is 4.41. The monoisotopic (exact) mass is 291 g/mol. The highest BCUT2D eigenvalue weighted by molar-refractivity contribution is 6.18. The van der Waals surface area contributed by atoms with E-state index >= 15 is 0 Å². The zero-order valence-corrected chi connectivity index (χ0v) is 11.5. The first kappa shape index (κ1) is 14.7. The van der Waals surface area contributed by atoms with Crippen LogP contribution < -0.4 is 0 Å². The normalized spacial score (nSPS) is 24.9. The Labute approximate surface area is 116 Å². The van der Waals surface area contributed by atoms with Gasteiger partial charge in [0.2, 0.25) is 0 Å². The van der Waals surface area contributed by atoms with Crippen molar-refractivity contribution in [1.29, 1.82) is 0 Å². The maximum atomic E-state index is 12.7. The van der Waals surface area contributed by atoms with Crippen molar-refractivity contribution in [3.8, 4) is 0 Å². The van der Waals surface area contributed by atoms with Gasteiger partial charge in [-0.2, -0.15) is 13.2 Å². The molecular formula is C14H17ClF3N. The zero-order chi connectivity index (χ0) is 14.0. The van der Waals surface area contributed by atoms with Crippen molar-refractivity contribution in [2.45, 2.75) is 32.1 Å². The van der Waals surface area contributed by atoms with E-state index in [1.165, 1.54) is 12.1 Å². The van der Waals surface area contributed by atoms with E-state index < -0.39 is 11.7 Å². The summed E-state index contributed by atoms with van der Waals surface area (Å²) in [6, 6.07) is 5.80. The molecule has 5 heteroatoms. The van der Waals surface area contributed by atoms with Gasteiger partial charge in [-0.15, -0.1) is 11.6 Å². The van der Waals surface area contributed by atoms with E-state index in [2.05, 4.69) is 11.8 Å². The Morgan fingerprint density at radius 2 is 2.11 bits per heavy atom. The minimum absolute atomic E-state index is 0.260. The summed E-state index contributed by atoms with van der Waals surface area (Å²) in [6.45, 7) is 3.57. The molecule has 1 aliphatic rings. The molecule has 1 fully saturated rings. The van der Waals surface area contributed by atoms with Gasteiger partial charge in [-0.1, -0.05) is 25.1 Å². The van der Waals surface area contributed by atoms with Crippen LogP contribution in [0.4, 0.5) is 13.2 Å². The number of rotatable bonds is 3. The molecule has 1 nitrogen and oxygen atoms in total. The van der Waals surface area contributed by atoms with E-state index in [1.54, 1.807) is 6.07 Å².